The zero-order valence-electron chi connectivity index (χ0n) is 20.6. The Balaban J connectivity index is 1.78. The van der Waals surface area contributed by atoms with Crippen molar-refractivity contribution in [1.82, 2.24) is 9.80 Å². The molecule has 2 heterocycles. The first-order valence-corrected chi connectivity index (χ1v) is 17.8. The molecule has 2 aliphatic rings. The average Bonchev–Trinajstić information content (AvgIpc) is 3.08. The van der Waals surface area contributed by atoms with Gasteiger partial charge >= 0.3 is 0 Å². The predicted molar refractivity (Wildman–Crippen MR) is 125 cm³/mol. The van der Waals surface area contributed by atoms with Crippen molar-refractivity contribution in [3.05, 3.63) is 0 Å². The summed E-state index contributed by atoms with van der Waals surface area (Å²) in [5.74, 6) is -3.46. The zero-order valence-corrected chi connectivity index (χ0v) is 22.6. The van der Waals surface area contributed by atoms with E-state index in [1.165, 1.54) is 13.8 Å². The Bertz CT molecular complexity index is 788. The maximum atomic E-state index is 12.3. The van der Waals surface area contributed by atoms with Crippen LogP contribution in [0.3, 0.4) is 0 Å². The molecular formula is C22H36N2O7Si2. The average molecular weight is 497 g/mol. The van der Waals surface area contributed by atoms with Crippen molar-refractivity contribution in [2.45, 2.75) is 90.6 Å². The van der Waals surface area contributed by atoms with Gasteiger partial charge in [-0.25, -0.2) is 9.80 Å². The lowest BCUT2D eigenvalue weighted by Crippen LogP contribution is -2.44. The molecule has 0 aromatic rings. The normalized spacial score (nSPS) is 22.0. The molecule has 2 rings (SSSR count). The number of hydrogen-bond acceptors (Lipinski definition) is 7. The predicted octanol–water partition coefficient (Wildman–Crippen LogP) is 2.82. The van der Waals surface area contributed by atoms with Crippen LogP contribution in [0.5, 0.6) is 0 Å². The summed E-state index contributed by atoms with van der Waals surface area (Å²) < 4.78 is 6.61. The molecule has 2 fully saturated rings. The fourth-order valence-electron chi connectivity index (χ4n) is 4.90. The number of likely N-dealkylation sites (tertiary alicyclic amines) is 2. The summed E-state index contributed by atoms with van der Waals surface area (Å²) in [5, 5.41) is 0. The Morgan fingerprint density at radius 1 is 0.758 bits per heavy atom. The molecular weight excluding hydrogens is 460 g/mol. The molecule has 2 saturated heterocycles. The summed E-state index contributed by atoms with van der Waals surface area (Å²) in [7, 11) is -4.02. The molecule has 0 radical (unpaired) electrons. The van der Waals surface area contributed by atoms with E-state index in [-0.39, 0.29) is 24.7 Å². The molecule has 0 aliphatic carbocycles. The van der Waals surface area contributed by atoms with Crippen LogP contribution in [-0.4, -0.2) is 61.9 Å². The van der Waals surface area contributed by atoms with Crippen LogP contribution in [0, 0.1) is 11.8 Å². The van der Waals surface area contributed by atoms with Crippen LogP contribution < -0.4 is 0 Å². The Hall–Kier alpha value is -1.99. The van der Waals surface area contributed by atoms with Crippen molar-refractivity contribution < 1.29 is 32.9 Å². The van der Waals surface area contributed by atoms with E-state index in [2.05, 4.69) is 26.2 Å². The first kappa shape index (κ1) is 27.3. The second-order valence-electron chi connectivity index (χ2n) is 10.4. The highest BCUT2D eigenvalue weighted by molar-refractivity contribution is 6.84. The van der Waals surface area contributed by atoms with E-state index in [9.17, 15) is 28.8 Å². The number of rotatable bonds is 10. The van der Waals surface area contributed by atoms with E-state index in [1.807, 2.05) is 0 Å². The number of hydrogen-bond donors (Lipinski definition) is 0. The number of nitrogens with zero attached hydrogens (tertiary/aromatic N) is 2. The molecule has 33 heavy (non-hydrogen) atoms. The van der Waals surface area contributed by atoms with Crippen molar-refractivity contribution in [1.29, 1.82) is 0 Å². The van der Waals surface area contributed by atoms with Crippen LogP contribution in [0.25, 0.3) is 0 Å². The Morgan fingerprint density at radius 3 is 1.36 bits per heavy atom. The van der Waals surface area contributed by atoms with Gasteiger partial charge in [-0.2, -0.15) is 0 Å². The van der Waals surface area contributed by atoms with Crippen LogP contribution in [0.15, 0.2) is 0 Å². The third-order valence-corrected chi connectivity index (χ3v) is 13.9. The Labute approximate surface area is 197 Å². The maximum absolute atomic E-state index is 12.3. The van der Waals surface area contributed by atoms with Crippen LogP contribution in [-0.2, 0) is 32.9 Å². The smallest absolute Gasteiger partial charge is 0.239 e. The van der Waals surface area contributed by atoms with Gasteiger partial charge in [0.15, 0.2) is 16.6 Å². The number of imide groups is 6. The first-order valence-electron chi connectivity index (χ1n) is 11.6. The van der Waals surface area contributed by atoms with Crippen LogP contribution in [0.2, 0.25) is 38.3 Å². The standard InChI is InChI=1S/C22H36N2O7Si2/c1-15(25)23-19(27)13-17(21(23)29)9-7-11-32(3,4)31-33(5,6)12-8-10-18-14-20(28)24(16(2)26)22(18)30/h17-18H,7-14H2,1-6H3. The summed E-state index contributed by atoms with van der Waals surface area (Å²) in [6.07, 6.45) is 2.87. The fourth-order valence-corrected chi connectivity index (χ4v) is 13.8. The molecule has 11 heteroatoms. The molecule has 184 valence electrons. The van der Waals surface area contributed by atoms with Gasteiger partial charge in [-0.3, -0.25) is 28.8 Å². The molecule has 0 aromatic carbocycles. The third-order valence-electron chi connectivity index (χ3n) is 6.33. The van der Waals surface area contributed by atoms with E-state index >= 15 is 0 Å². The van der Waals surface area contributed by atoms with Gasteiger partial charge in [0, 0.05) is 38.5 Å². The number of carbonyl (C=O) groups excluding carboxylic acids is 6. The topological polar surface area (TPSA) is 118 Å². The molecule has 9 nitrogen and oxygen atoms in total. The summed E-state index contributed by atoms with van der Waals surface area (Å²) >= 11 is 0. The van der Waals surface area contributed by atoms with Gasteiger partial charge in [0.2, 0.25) is 35.4 Å². The van der Waals surface area contributed by atoms with Crippen molar-refractivity contribution >= 4 is 52.1 Å². The fraction of sp³-hybridized carbons (Fsp3) is 0.727. The largest absolute Gasteiger partial charge is 0.455 e. The van der Waals surface area contributed by atoms with Crippen molar-refractivity contribution in [3.8, 4) is 0 Å². The van der Waals surface area contributed by atoms with Crippen molar-refractivity contribution in [2.75, 3.05) is 0 Å². The van der Waals surface area contributed by atoms with Crippen molar-refractivity contribution in [3.63, 3.8) is 0 Å². The first-order chi connectivity index (χ1) is 15.1. The number of amides is 6. The van der Waals surface area contributed by atoms with Gasteiger partial charge in [-0.1, -0.05) is 12.8 Å². The second-order valence-corrected chi connectivity index (χ2v) is 19.2. The molecule has 2 aliphatic heterocycles. The molecule has 6 amide bonds. The molecule has 0 saturated carbocycles. The second kappa shape index (κ2) is 10.5. The Morgan fingerprint density at radius 2 is 1.09 bits per heavy atom. The number of carbonyl (C=O) groups is 6. The lowest BCUT2D eigenvalue weighted by molar-refractivity contribution is -0.151. The molecule has 0 N–H and O–H groups in total. The zero-order chi connectivity index (χ0) is 25.1. The molecule has 2 unspecified atom stereocenters. The van der Waals surface area contributed by atoms with Gasteiger partial charge in [0.05, 0.1) is 0 Å². The summed E-state index contributed by atoms with van der Waals surface area (Å²) in [5.41, 5.74) is 0. The quantitative estimate of drug-likeness (QED) is 0.337. The lowest BCUT2D eigenvalue weighted by Gasteiger charge is -2.34. The highest BCUT2D eigenvalue weighted by Crippen LogP contribution is 2.31. The molecule has 0 aromatic heterocycles. The van der Waals surface area contributed by atoms with Gasteiger partial charge < -0.3 is 4.12 Å². The van der Waals surface area contributed by atoms with E-state index in [0.29, 0.717) is 12.8 Å². The summed E-state index contributed by atoms with van der Waals surface area (Å²) in [4.78, 5) is 72.8. The van der Waals surface area contributed by atoms with Gasteiger partial charge in [0.1, 0.15) is 0 Å². The lowest BCUT2D eigenvalue weighted by atomic mass is 10.0. The highest BCUT2D eigenvalue weighted by Gasteiger charge is 2.42. The monoisotopic (exact) mass is 496 g/mol. The Kier molecular flexibility index (Phi) is 8.69. The van der Waals surface area contributed by atoms with E-state index in [1.54, 1.807) is 0 Å². The molecule has 0 spiro atoms. The van der Waals surface area contributed by atoms with E-state index in [4.69, 9.17) is 4.12 Å². The minimum Gasteiger partial charge on any atom is -0.455 e. The van der Waals surface area contributed by atoms with E-state index in [0.717, 1.165) is 34.7 Å². The van der Waals surface area contributed by atoms with Gasteiger partial charge in [-0.05, 0) is 51.1 Å². The SMILES string of the molecule is CC(=O)N1C(=O)CC(CCC[Si](C)(C)O[Si](C)(C)CCCC2CC(=O)N(C(C)=O)C2=O)C1=O. The molecule has 2 atom stereocenters. The summed E-state index contributed by atoms with van der Waals surface area (Å²) in [6.45, 7) is 11.1. The third kappa shape index (κ3) is 7.00. The summed E-state index contributed by atoms with van der Waals surface area (Å²) in [6, 6.07) is 1.70. The van der Waals surface area contributed by atoms with Crippen LogP contribution in [0.1, 0.15) is 52.4 Å². The van der Waals surface area contributed by atoms with Gasteiger partial charge in [0.25, 0.3) is 0 Å². The minimum absolute atomic E-state index is 0.102. The highest BCUT2D eigenvalue weighted by atomic mass is 28.4. The minimum atomic E-state index is -2.01. The van der Waals surface area contributed by atoms with Crippen LogP contribution >= 0.6 is 0 Å². The molecule has 0 bridgehead atoms. The van der Waals surface area contributed by atoms with Gasteiger partial charge in [-0.15, -0.1) is 0 Å². The van der Waals surface area contributed by atoms with Crippen molar-refractivity contribution in [2.24, 2.45) is 11.8 Å². The maximum Gasteiger partial charge on any atom is 0.239 e. The van der Waals surface area contributed by atoms with Crippen LogP contribution in [0.4, 0.5) is 0 Å². The van der Waals surface area contributed by atoms with E-state index < -0.39 is 52.1 Å².